The van der Waals surface area contributed by atoms with E-state index in [1.807, 2.05) is 30.3 Å². The Kier molecular flexibility index (Phi) is 4.02. The van der Waals surface area contributed by atoms with Crippen molar-refractivity contribution in [1.29, 1.82) is 0 Å². The number of hydrogen-bond acceptors (Lipinski definition) is 3. The third-order valence-electron chi connectivity index (χ3n) is 3.22. The molecular weight excluding hydrogens is 303 g/mol. The molecule has 0 saturated heterocycles. The number of hydrogen-bond donors (Lipinski definition) is 0. The van der Waals surface area contributed by atoms with Crippen molar-refractivity contribution in [3.05, 3.63) is 65.7 Å². The molecule has 3 aromatic rings. The van der Waals surface area contributed by atoms with E-state index in [0.717, 1.165) is 16.9 Å². The molecule has 3 nitrogen and oxygen atoms in total. The van der Waals surface area contributed by atoms with Crippen LogP contribution in [0.4, 0.5) is 4.39 Å². The van der Waals surface area contributed by atoms with Gasteiger partial charge < -0.3 is 4.74 Å². The van der Waals surface area contributed by atoms with Gasteiger partial charge in [0.1, 0.15) is 11.6 Å². The standard InChI is InChI=1S/C17H12ClFN2O/c1-22-14-8-4-12(5-9-14)16-10-15(20-17(18)21-16)11-2-6-13(19)7-3-11/h2-10H,1H3. The molecule has 0 aliphatic heterocycles. The van der Waals surface area contributed by atoms with Crippen LogP contribution in [0.3, 0.4) is 0 Å². The number of methoxy groups -OCH3 is 1. The normalized spacial score (nSPS) is 10.5. The average Bonchev–Trinajstić information content (AvgIpc) is 2.55. The Morgan fingerprint density at radius 3 is 1.86 bits per heavy atom. The first-order valence-electron chi connectivity index (χ1n) is 6.60. The quantitative estimate of drug-likeness (QED) is 0.662. The van der Waals surface area contributed by atoms with Gasteiger partial charge in [-0.05, 0) is 66.2 Å². The van der Waals surface area contributed by atoms with E-state index < -0.39 is 0 Å². The first kappa shape index (κ1) is 14.5. The van der Waals surface area contributed by atoms with E-state index in [1.165, 1.54) is 12.1 Å². The van der Waals surface area contributed by atoms with Crippen LogP contribution in [0.15, 0.2) is 54.6 Å². The molecular formula is C17H12ClFN2O. The number of benzene rings is 2. The summed E-state index contributed by atoms with van der Waals surface area (Å²) >= 11 is 6.02. The van der Waals surface area contributed by atoms with Crippen LogP contribution in [0.2, 0.25) is 5.28 Å². The van der Waals surface area contributed by atoms with Crippen LogP contribution in [-0.4, -0.2) is 17.1 Å². The minimum atomic E-state index is -0.292. The molecule has 2 aromatic carbocycles. The molecule has 0 atom stereocenters. The van der Waals surface area contributed by atoms with Gasteiger partial charge in [0.05, 0.1) is 18.5 Å². The van der Waals surface area contributed by atoms with Crippen molar-refractivity contribution in [3.63, 3.8) is 0 Å². The molecule has 0 N–H and O–H groups in total. The SMILES string of the molecule is COc1ccc(-c2cc(-c3ccc(F)cc3)nc(Cl)n2)cc1. The van der Waals surface area contributed by atoms with Gasteiger partial charge in [-0.2, -0.15) is 0 Å². The first-order chi connectivity index (χ1) is 10.7. The summed E-state index contributed by atoms with van der Waals surface area (Å²) < 4.78 is 18.2. The predicted octanol–water partition coefficient (Wildman–Crippen LogP) is 4.61. The second kappa shape index (κ2) is 6.12. The third kappa shape index (κ3) is 3.07. The Bertz CT molecular complexity index is 789. The molecule has 110 valence electrons. The first-order valence-corrected chi connectivity index (χ1v) is 6.98. The van der Waals surface area contributed by atoms with Crippen molar-refractivity contribution < 1.29 is 9.13 Å². The van der Waals surface area contributed by atoms with Gasteiger partial charge in [-0.1, -0.05) is 0 Å². The minimum absolute atomic E-state index is 0.146. The highest BCUT2D eigenvalue weighted by atomic mass is 35.5. The Hall–Kier alpha value is -2.46. The van der Waals surface area contributed by atoms with E-state index in [-0.39, 0.29) is 11.1 Å². The van der Waals surface area contributed by atoms with Crippen molar-refractivity contribution in [3.8, 4) is 28.3 Å². The summed E-state index contributed by atoms with van der Waals surface area (Å²) in [6, 6.07) is 15.4. The Morgan fingerprint density at radius 1 is 0.864 bits per heavy atom. The maximum Gasteiger partial charge on any atom is 0.223 e. The fourth-order valence-corrected chi connectivity index (χ4v) is 2.28. The fourth-order valence-electron chi connectivity index (χ4n) is 2.10. The fraction of sp³-hybridized carbons (Fsp3) is 0.0588. The number of aromatic nitrogens is 2. The lowest BCUT2D eigenvalue weighted by Crippen LogP contribution is -1.92. The molecule has 0 amide bonds. The average molecular weight is 315 g/mol. The highest BCUT2D eigenvalue weighted by Crippen LogP contribution is 2.26. The number of halogens is 2. The van der Waals surface area contributed by atoms with Gasteiger partial charge in [-0.15, -0.1) is 0 Å². The summed E-state index contributed by atoms with van der Waals surface area (Å²) in [4.78, 5) is 8.44. The zero-order valence-corrected chi connectivity index (χ0v) is 12.5. The largest absolute Gasteiger partial charge is 0.497 e. The van der Waals surface area contributed by atoms with Gasteiger partial charge in [-0.3, -0.25) is 0 Å². The van der Waals surface area contributed by atoms with Gasteiger partial charge in [-0.25, -0.2) is 14.4 Å². The lowest BCUT2D eigenvalue weighted by molar-refractivity contribution is 0.415. The molecule has 5 heteroatoms. The number of ether oxygens (including phenoxy) is 1. The molecule has 0 aliphatic rings. The molecule has 22 heavy (non-hydrogen) atoms. The molecule has 3 rings (SSSR count). The van der Waals surface area contributed by atoms with Crippen LogP contribution in [-0.2, 0) is 0 Å². The summed E-state index contributed by atoms with van der Waals surface area (Å²) in [5.41, 5.74) is 3.02. The molecule has 0 fully saturated rings. The highest BCUT2D eigenvalue weighted by molar-refractivity contribution is 6.28. The van der Waals surface area contributed by atoms with Gasteiger partial charge >= 0.3 is 0 Å². The molecule has 0 unspecified atom stereocenters. The van der Waals surface area contributed by atoms with Crippen molar-refractivity contribution in [2.45, 2.75) is 0 Å². The van der Waals surface area contributed by atoms with Gasteiger partial charge in [0.25, 0.3) is 0 Å². The van der Waals surface area contributed by atoms with Crippen molar-refractivity contribution in [2.75, 3.05) is 7.11 Å². The van der Waals surface area contributed by atoms with E-state index in [1.54, 1.807) is 19.2 Å². The summed E-state index contributed by atoms with van der Waals surface area (Å²) in [5.74, 6) is 0.474. The van der Waals surface area contributed by atoms with E-state index in [2.05, 4.69) is 9.97 Å². The zero-order valence-electron chi connectivity index (χ0n) is 11.8. The molecule has 1 aromatic heterocycles. The van der Waals surface area contributed by atoms with Gasteiger partial charge in [0.15, 0.2) is 0 Å². The Morgan fingerprint density at radius 2 is 1.36 bits per heavy atom. The van der Waals surface area contributed by atoms with Gasteiger partial charge in [0, 0.05) is 11.1 Å². The van der Waals surface area contributed by atoms with Crippen molar-refractivity contribution in [1.82, 2.24) is 9.97 Å². The Balaban J connectivity index is 2.03. The molecule has 1 heterocycles. The van der Waals surface area contributed by atoms with E-state index in [0.29, 0.717) is 11.4 Å². The summed E-state index contributed by atoms with van der Waals surface area (Å²) in [6.45, 7) is 0. The maximum absolute atomic E-state index is 13.0. The van der Waals surface area contributed by atoms with E-state index in [9.17, 15) is 4.39 Å². The van der Waals surface area contributed by atoms with Crippen LogP contribution in [0.25, 0.3) is 22.5 Å². The number of nitrogens with zero attached hydrogens (tertiary/aromatic N) is 2. The molecule has 0 saturated carbocycles. The minimum Gasteiger partial charge on any atom is -0.497 e. The van der Waals surface area contributed by atoms with Crippen LogP contribution in [0, 0.1) is 5.82 Å². The summed E-state index contributed by atoms with van der Waals surface area (Å²) in [7, 11) is 1.61. The molecule has 0 bridgehead atoms. The second-order valence-corrected chi connectivity index (χ2v) is 4.98. The van der Waals surface area contributed by atoms with E-state index in [4.69, 9.17) is 16.3 Å². The van der Waals surface area contributed by atoms with Crippen molar-refractivity contribution >= 4 is 11.6 Å². The maximum atomic E-state index is 13.0. The smallest absolute Gasteiger partial charge is 0.223 e. The van der Waals surface area contributed by atoms with Crippen LogP contribution in [0.1, 0.15) is 0 Å². The second-order valence-electron chi connectivity index (χ2n) is 4.64. The summed E-state index contributed by atoms with van der Waals surface area (Å²) in [6.07, 6.45) is 0. The lowest BCUT2D eigenvalue weighted by atomic mass is 10.1. The topological polar surface area (TPSA) is 35.0 Å². The highest BCUT2D eigenvalue weighted by Gasteiger charge is 2.08. The Labute approximate surface area is 132 Å². The van der Waals surface area contributed by atoms with Crippen LogP contribution < -0.4 is 4.74 Å². The molecule has 0 aliphatic carbocycles. The third-order valence-corrected chi connectivity index (χ3v) is 3.39. The zero-order chi connectivity index (χ0) is 15.5. The van der Waals surface area contributed by atoms with E-state index >= 15 is 0 Å². The number of rotatable bonds is 3. The lowest BCUT2D eigenvalue weighted by Gasteiger charge is -2.07. The monoisotopic (exact) mass is 314 g/mol. The summed E-state index contributed by atoms with van der Waals surface area (Å²) in [5, 5.41) is 0.146. The van der Waals surface area contributed by atoms with Crippen LogP contribution in [0.5, 0.6) is 5.75 Å². The predicted molar refractivity (Wildman–Crippen MR) is 84.4 cm³/mol. The molecule has 0 radical (unpaired) electrons. The van der Waals surface area contributed by atoms with Crippen LogP contribution >= 0.6 is 11.6 Å². The molecule has 0 spiro atoms. The van der Waals surface area contributed by atoms with Crippen molar-refractivity contribution in [2.24, 2.45) is 0 Å². The van der Waals surface area contributed by atoms with Gasteiger partial charge in [0.2, 0.25) is 5.28 Å².